The first-order valence-electron chi connectivity index (χ1n) is 9.72. The van der Waals surface area contributed by atoms with Crippen LogP contribution in [0.15, 0.2) is 40.9 Å². The Hall–Kier alpha value is -2.32. The largest absolute Gasteiger partial charge is 0.495 e. The van der Waals surface area contributed by atoms with Gasteiger partial charge in [0.2, 0.25) is 5.91 Å². The van der Waals surface area contributed by atoms with Crippen molar-refractivity contribution in [1.29, 1.82) is 0 Å². The Kier molecular flexibility index (Phi) is 7.71. The zero-order valence-electron chi connectivity index (χ0n) is 17.0. The molecule has 1 amide bonds. The van der Waals surface area contributed by atoms with Crippen molar-refractivity contribution in [1.82, 2.24) is 14.8 Å². The number of anilines is 1. The van der Waals surface area contributed by atoms with Gasteiger partial charge in [-0.15, -0.1) is 21.5 Å². The molecule has 29 heavy (non-hydrogen) atoms. The maximum Gasteiger partial charge on any atom is 0.234 e. The summed E-state index contributed by atoms with van der Waals surface area (Å²) in [6.45, 7) is 5.13. The summed E-state index contributed by atoms with van der Waals surface area (Å²) in [5, 5.41) is 14.6. The SMILES string of the molecule is CCCc1cc(-c2nnc(SCC(=O)Nc3ccccc3OC)n2CCC)cs1. The smallest absolute Gasteiger partial charge is 0.234 e. The van der Waals surface area contributed by atoms with E-state index in [0.717, 1.165) is 42.4 Å². The summed E-state index contributed by atoms with van der Waals surface area (Å²) in [7, 11) is 1.59. The van der Waals surface area contributed by atoms with Crippen molar-refractivity contribution in [2.75, 3.05) is 18.2 Å². The van der Waals surface area contributed by atoms with E-state index in [9.17, 15) is 4.79 Å². The Balaban J connectivity index is 1.70. The number of aromatic nitrogens is 3. The molecule has 2 aromatic heterocycles. The van der Waals surface area contributed by atoms with E-state index in [0.29, 0.717) is 11.4 Å². The second-order valence-corrected chi connectivity index (χ2v) is 8.48. The van der Waals surface area contributed by atoms with Gasteiger partial charge < -0.3 is 14.6 Å². The van der Waals surface area contributed by atoms with Crippen LogP contribution in [0.25, 0.3) is 11.4 Å². The predicted molar refractivity (Wildman–Crippen MR) is 120 cm³/mol. The van der Waals surface area contributed by atoms with E-state index in [1.54, 1.807) is 18.4 Å². The van der Waals surface area contributed by atoms with Crippen LogP contribution >= 0.6 is 23.1 Å². The number of ether oxygens (including phenoxy) is 1. The van der Waals surface area contributed by atoms with Crippen LogP contribution in [0.1, 0.15) is 31.6 Å². The lowest BCUT2D eigenvalue weighted by Crippen LogP contribution is -2.15. The van der Waals surface area contributed by atoms with Crippen molar-refractivity contribution < 1.29 is 9.53 Å². The number of nitrogens with one attached hydrogen (secondary N) is 1. The first-order chi connectivity index (χ1) is 14.2. The molecular weight excluding hydrogens is 404 g/mol. The molecule has 1 N–H and O–H groups in total. The van der Waals surface area contributed by atoms with E-state index >= 15 is 0 Å². The lowest BCUT2D eigenvalue weighted by Gasteiger charge is -2.10. The van der Waals surface area contributed by atoms with Crippen molar-refractivity contribution in [3.63, 3.8) is 0 Å². The number of aryl methyl sites for hydroxylation is 1. The Labute approximate surface area is 179 Å². The standard InChI is InChI=1S/C21H26N4O2S2/c1-4-8-16-12-15(13-28-16)20-23-24-21(25(20)11-5-2)29-14-19(26)22-17-9-6-7-10-18(17)27-3/h6-7,9-10,12-13H,4-5,8,11,14H2,1-3H3,(H,22,26). The molecule has 0 fully saturated rings. The van der Waals surface area contributed by atoms with Gasteiger partial charge in [-0.05, 0) is 31.0 Å². The van der Waals surface area contributed by atoms with Crippen molar-refractivity contribution in [2.24, 2.45) is 0 Å². The molecule has 154 valence electrons. The predicted octanol–water partition coefficient (Wildman–Crippen LogP) is 5.11. The van der Waals surface area contributed by atoms with Gasteiger partial charge in [-0.2, -0.15) is 0 Å². The average molecular weight is 431 g/mol. The van der Waals surface area contributed by atoms with Crippen LogP contribution in [-0.2, 0) is 17.8 Å². The van der Waals surface area contributed by atoms with E-state index in [1.165, 1.54) is 16.6 Å². The number of thioether (sulfide) groups is 1. The molecule has 0 aliphatic carbocycles. The Morgan fingerprint density at radius 2 is 2.07 bits per heavy atom. The van der Waals surface area contributed by atoms with E-state index in [2.05, 4.69) is 45.4 Å². The minimum Gasteiger partial charge on any atom is -0.495 e. The summed E-state index contributed by atoms with van der Waals surface area (Å²) in [6, 6.07) is 9.58. The highest BCUT2D eigenvalue weighted by atomic mass is 32.2. The van der Waals surface area contributed by atoms with E-state index in [4.69, 9.17) is 4.74 Å². The molecule has 0 radical (unpaired) electrons. The molecule has 3 rings (SSSR count). The van der Waals surface area contributed by atoms with Crippen LogP contribution in [0.5, 0.6) is 5.75 Å². The molecule has 0 unspecified atom stereocenters. The summed E-state index contributed by atoms with van der Waals surface area (Å²) in [5.74, 6) is 1.67. The summed E-state index contributed by atoms with van der Waals surface area (Å²) >= 11 is 3.16. The fourth-order valence-corrected chi connectivity index (χ4v) is 4.71. The van der Waals surface area contributed by atoms with Crippen molar-refractivity contribution >= 4 is 34.7 Å². The third-order valence-electron chi connectivity index (χ3n) is 4.29. The van der Waals surface area contributed by atoms with Gasteiger partial charge in [-0.25, -0.2) is 0 Å². The van der Waals surface area contributed by atoms with Gasteiger partial charge in [-0.1, -0.05) is 44.2 Å². The number of nitrogens with zero attached hydrogens (tertiary/aromatic N) is 3. The maximum atomic E-state index is 12.4. The van der Waals surface area contributed by atoms with E-state index < -0.39 is 0 Å². The molecule has 0 saturated carbocycles. The molecule has 3 aromatic rings. The molecular formula is C21H26N4O2S2. The quantitative estimate of drug-likeness (QED) is 0.453. The molecule has 0 aliphatic heterocycles. The Morgan fingerprint density at radius 3 is 2.83 bits per heavy atom. The normalized spacial score (nSPS) is 10.9. The average Bonchev–Trinajstić information content (AvgIpc) is 3.34. The molecule has 1 aromatic carbocycles. The number of thiophene rings is 1. The number of carbonyl (C=O) groups is 1. The highest BCUT2D eigenvalue weighted by Crippen LogP contribution is 2.29. The number of para-hydroxylation sites is 2. The summed E-state index contributed by atoms with van der Waals surface area (Å²) in [4.78, 5) is 13.8. The van der Waals surface area contributed by atoms with Crippen LogP contribution in [0.2, 0.25) is 0 Å². The Bertz CT molecular complexity index is 952. The number of carbonyl (C=O) groups excluding carboxylic acids is 1. The molecule has 0 bridgehead atoms. The second kappa shape index (κ2) is 10.5. The van der Waals surface area contributed by atoms with Crippen molar-refractivity contribution in [3.05, 3.63) is 40.6 Å². The molecule has 0 aliphatic rings. The molecule has 0 atom stereocenters. The number of benzene rings is 1. The topological polar surface area (TPSA) is 69.0 Å². The Morgan fingerprint density at radius 1 is 1.24 bits per heavy atom. The minimum absolute atomic E-state index is 0.104. The van der Waals surface area contributed by atoms with E-state index in [-0.39, 0.29) is 11.7 Å². The van der Waals surface area contributed by atoms with Crippen LogP contribution in [0, 0.1) is 0 Å². The van der Waals surface area contributed by atoms with Gasteiger partial charge in [0, 0.05) is 22.4 Å². The van der Waals surface area contributed by atoms with Crippen LogP contribution < -0.4 is 10.1 Å². The van der Waals surface area contributed by atoms with Gasteiger partial charge in [0.1, 0.15) is 5.75 Å². The first-order valence-corrected chi connectivity index (χ1v) is 11.6. The van der Waals surface area contributed by atoms with Gasteiger partial charge >= 0.3 is 0 Å². The second-order valence-electron chi connectivity index (χ2n) is 6.55. The lowest BCUT2D eigenvalue weighted by atomic mass is 10.2. The van der Waals surface area contributed by atoms with Crippen LogP contribution in [-0.4, -0.2) is 33.5 Å². The first kappa shape index (κ1) is 21.4. The maximum absolute atomic E-state index is 12.4. The summed E-state index contributed by atoms with van der Waals surface area (Å²) in [6.07, 6.45) is 3.18. The molecule has 0 saturated heterocycles. The number of hydrogen-bond acceptors (Lipinski definition) is 6. The number of methoxy groups -OCH3 is 1. The highest BCUT2D eigenvalue weighted by Gasteiger charge is 2.17. The summed E-state index contributed by atoms with van der Waals surface area (Å²) < 4.78 is 7.39. The summed E-state index contributed by atoms with van der Waals surface area (Å²) in [5.41, 5.74) is 1.77. The monoisotopic (exact) mass is 430 g/mol. The van der Waals surface area contributed by atoms with Gasteiger partial charge in [0.15, 0.2) is 11.0 Å². The van der Waals surface area contributed by atoms with Gasteiger partial charge in [-0.3, -0.25) is 4.79 Å². The fourth-order valence-electron chi connectivity index (χ4n) is 2.97. The molecule has 8 heteroatoms. The minimum atomic E-state index is -0.104. The van der Waals surface area contributed by atoms with Gasteiger partial charge in [0.25, 0.3) is 0 Å². The van der Waals surface area contributed by atoms with E-state index in [1.807, 2.05) is 24.3 Å². The lowest BCUT2D eigenvalue weighted by molar-refractivity contribution is -0.113. The van der Waals surface area contributed by atoms with Gasteiger partial charge in [0.05, 0.1) is 18.6 Å². The number of amides is 1. The third kappa shape index (κ3) is 5.39. The van der Waals surface area contributed by atoms with Crippen molar-refractivity contribution in [3.8, 4) is 17.1 Å². The van der Waals surface area contributed by atoms with Crippen LogP contribution in [0.4, 0.5) is 5.69 Å². The molecule has 2 heterocycles. The number of hydrogen-bond donors (Lipinski definition) is 1. The zero-order chi connectivity index (χ0) is 20.6. The molecule has 0 spiro atoms. The van der Waals surface area contributed by atoms with Crippen molar-refractivity contribution in [2.45, 2.75) is 44.8 Å². The zero-order valence-corrected chi connectivity index (χ0v) is 18.6. The van der Waals surface area contributed by atoms with Crippen LogP contribution in [0.3, 0.4) is 0 Å². The fraction of sp³-hybridized carbons (Fsp3) is 0.381. The number of rotatable bonds is 10. The molecule has 6 nitrogen and oxygen atoms in total. The third-order valence-corrected chi connectivity index (χ3v) is 6.25. The highest BCUT2D eigenvalue weighted by molar-refractivity contribution is 7.99.